The lowest BCUT2D eigenvalue weighted by molar-refractivity contribution is -0.106. The van der Waals surface area contributed by atoms with Crippen molar-refractivity contribution < 1.29 is 4.79 Å². The molecule has 0 bridgehead atoms. The van der Waals surface area contributed by atoms with E-state index in [1.807, 2.05) is 60.7 Å². The number of nitrogens with one attached hydrogen (secondary N) is 1. The topological polar surface area (TPSA) is 41.5 Å². The minimum atomic E-state index is -0.549. The lowest BCUT2D eigenvalue weighted by atomic mass is 10.1. The number of hydrogen-bond donors (Lipinski definition) is 1. The van der Waals surface area contributed by atoms with Gasteiger partial charge in [-0.2, -0.15) is 5.10 Å². The molecule has 0 aliphatic rings. The van der Waals surface area contributed by atoms with E-state index in [0.29, 0.717) is 6.42 Å². The molecule has 0 radical (unpaired) electrons. The Hall–Kier alpha value is -2.13. The summed E-state index contributed by atoms with van der Waals surface area (Å²) in [4.78, 5) is 11.4. The molecule has 4 heteroatoms. The van der Waals surface area contributed by atoms with Crippen LogP contribution in [0.2, 0.25) is 0 Å². The maximum atomic E-state index is 11.4. The highest BCUT2D eigenvalue weighted by Crippen LogP contribution is 2.07. The van der Waals surface area contributed by atoms with Gasteiger partial charge in [0.15, 0.2) is 0 Å². The second kappa shape index (κ2) is 6.71. The van der Waals surface area contributed by atoms with Gasteiger partial charge < -0.3 is 0 Å². The van der Waals surface area contributed by atoms with Gasteiger partial charge in [0, 0.05) is 6.42 Å². The van der Waals surface area contributed by atoms with Gasteiger partial charge in [0.1, 0.15) is 5.71 Å². The average molecular weight is 273 g/mol. The third-order valence-electron chi connectivity index (χ3n) is 2.54. The van der Waals surface area contributed by atoms with Crippen molar-refractivity contribution in [3.63, 3.8) is 0 Å². The minimum Gasteiger partial charge on any atom is -0.278 e. The molecule has 0 saturated carbocycles. The third kappa shape index (κ3) is 4.23. The van der Waals surface area contributed by atoms with Gasteiger partial charge in [0.05, 0.1) is 5.69 Å². The molecule has 0 atom stereocenters. The van der Waals surface area contributed by atoms with Gasteiger partial charge in [-0.25, -0.2) is 0 Å². The van der Waals surface area contributed by atoms with Crippen molar-refractivity contribution in [1.29, 1.82) is 0 Å². The first kappa shape index (κ1) is 13.3. The number of hydrazone groups is 1. The summed E-state index contributed by atoms with van der Waals surface area (Å²) in [6, 6.07) is 19.0. The number of para-hydroxylation sites is 1. The van der Waals surface area contributed by atoms with E-state index >= 15 is 0 Å². The fourth-order valence-electron chi connectivity index (χ4n) is 1.59. The molecule has 0 saturated heterocycles. The van der Waals surface area contributed by atoms with Gasteiger partial charge in [-0.05, 0) is 29.3 Å². The smallest absolute Gasteiger partial charge is 0.268 e. The van der Waals surface area contributed by atoms with Crippen molar-refractivity contribution in [1.82, 2.24) is 0 Å². The largest absolute Gasteiger partial charge is 0.278 e. The first-order valence-electron chi connectivity index (χ1n) is 5.87. The number of nitrogens with zero attached hydrogens (tertiary/aromatic N) is 1. The van der Waals surface area contributed by atoms with Crippen molar-refractivity contribution in [2.24, 2.45) is 5.10 Å². The van der Waals surface area contributed by atoms with Crippen LogP contribution in [0.5, 0.6) is 0 Å². The number of halogens is 1. The molecule has 2 rings (SSSR count). The summed E-state index contributed by atoms with van der Waals surface area (Å²) in [7, 11) is 0. The molecule has 96 valence electrons. The average Bonchev–Trinajstić information content (AvgIpc) is 2.45. The van der Waals surface area contributed by atoms with E-state index in [1.54, 1.807) is 0 Å². The Morgan fingerprint density at radius 3 is 2.16 bits per heavy atom. The summed E-state index contributed by atoms with van der Waals surface area (Å²) >= 11 is 5.55. The predicted molar refractivity (Wildman–Crippen MR) is 78.5 cm³/mol. The second-order valence-electron chi connectivity index (χ2n) is 3.97. The standard InChI is InChI=1S/C15H13ClN2O/c16-15(19)14(11-12-7-3-1-4-8-12)18-17-13-9-5-2-6-10-13/h1-10,17H,11H2. The Morgan fingerprint density at radius 1 is 1.00 bits per heavy atom. The zero-order valence-electron chi connectivity index (χ0n) is 10.2. The molecular weight excluding hydrogens is 260 g/mol. The lowest BCUT2D eigenvalue weighted by Crippen LogP contribution is -2.13. The summed E-state index contributed by atoms with van der Waals surface area (Å²) in [6.07, 6.45) is 0.406. The normalized spacial score (nSPS) is 11.1. The fraction of sp³-hybridized carbons (Fsp3) is 0.0667. The Bertz CT molecular complexity index is 567. The van der Waals surface area contributed by atoms with Crippen LogP contribution < -0.4 is 5.43 Å². The number of carbonyl (C=O) groups is 1. The molecule has 0 unspecified atom stereocenters. The Kier molecular flexibility index (Phi) is 4.70. The summed E-state index contributed by atoms with van der Waals surface area (Å²) < 4.78 is 0. The molecule has 0 aromatic heterocycles. The van der Waals surface area contributed by atoms with E-state index in [4.69, 9.17) is 11.6 Å². The van der Waals surface area contributed by atoms with Crippen LogP contribution in [0.3, 0.4) is 0 Å². The lowest BCUT2D eigenvalue weighted by Gasteiger charge is -2.04. The number of carbonyl (C=O) groups excluding carboxylic acids is 1. The second-order valence-corrected chi connectivity index (χ2v) is 4.32. The monoisotopic (exact) mass is 272 g/mol. The molecule has 0 heterocycles. The quantitative estimate of drug-likeness (QED) is 0.514. The maximum Gasteiger partial charge on any atom is 0.268 e. The van der Waals surface area contributed by atoms with Crippen LogP contribution in [0.15, 0.2) is 65.8 Å². The van der Waals surface area contributed by atoms with Crippen molar-refractivity contribution in [3.05, 3.63) is 66.2 Å². The predicted octanol–water partition coefficient (Wildman–Crippen LogP) is 3.46. The van der Waals surface area contributed by atoms with Gasteiger partial charge in [0.25, 0.3) is 5.24 Å². The fourth-order valence-corrected chi connectivity index (χ4v) is 1.70. The zero-order chi connectivity index (χ0) is 13.5. The van der Waals surface area contributed by atoms with Crippen LogP contribution >= 0.6 is 11.6 Å². The minimum absolute atomic E-state index is 0.289. The Labute approximate surface area is 116 Å². The first-order chi connectivity index (χ1) is 9.25. The van der Waals surface area contributed by atoms with Crippen molar-refractivity contribution in [2.45, 2.75) is 6.42 Å². The summed E-state index contributed by atoms with van der Waals surface area (Å²) in [5.74, 6) is 0. The highest BCUT2D eigenvalue weighted by atomic mass is 35.5. The van der Waals surface area contributed by atoms with Crippen LogP contribution in [-0.2, 0) is 11.2 Å². The number of anilines is 1. The molecule has 0 aliphatic heterocycles. The molecule has 2 aromatic rings. The summed E-state index contributed by atoms with van der Waals surface area (Å²) in [5, 5.41) is 3.53. The van der Waals surface area contributed by atoms with E-state index in [2.05, 4.69) is 10.5 Å². The summed E-state index contributed by atoms with van der Waals surface area (Å²) in [5.41, 5.74) is 4.92. The molecule has 1 N–H and O–H groups in total. The van der Waals surface area contributed by atoms with Gasteiger partial charge in [-0.3, -0.25) is 10.2 Å². The van der Waals surface area contributed by atoms with Gasteiger partial charge in [-0.1, -0.05) is 48.5 Å². The molecule has 3 nitrogen and oxygen atoms in total. The molecule has 0 spiro atoms. The van der Waals surface area contributed by atoms with Gasteiger partial charge in [-0.15, -0.1) is 0 Å². The van der Waals surface area contributed by atoms with Crippen LogP contribution in [0.1, 0.15) is 5.56 Å². The van der Waals surface area contributed by atoms with E-state index in [1.165, 1.54) is 0 Å². The van der Waals surface area contributed by atoms with E-state index < -0.39 is 5.24 Å². The third-order valence-corrected chi connectivity index (χ3v) is 2.75. The number of hydrogen-bond acceptors (Lipinski definition) is 3. The highest BCUT2D eigenvalue weighted by molar-refractivity contribution is 6.82. The Balaban J connectivity index is 2.10. The van der Waals surface area contributed by atoms with Crippen molar-refractivity contribution >= 4 is 28.2 Å². The van der Waals surface area contributed by atoms with Crippen molar-refractivity contribution in [3.8, 4) is 0 Å². The number of rotatable bonds is 5. The zero-order valence-corrected chi connectivity index (χ0v) is 11.0. The maximum absolute atomic E-state index is 11.4. The number of benzene rings is 2. The molecule has 0 fully saturated rings. The molecule has 2 aromatic carbocycles. The van der Waals surface area contributed by atoms with Crippen molar-refractivity contribution in [2.75, 3.05) is 5.43 Å². The van der Waals surface area contributed by atoms with E-state index in [0.717, 1.165) is 11.3 Å². The van der Waals surface area contributed by atoms with Crippen LogP contribution in [0, 0.1) is 0 Å². The molecule has 19 heavy (non-hydrogen) atoms. The van der Waals surface area contributed by atoms with Gasteiger partial charge in [0.2, 0.25) is 0 Å². The SMILES string of the molecule is O=C(Cl)C(Cc1ccccc1)=NNc1ccccc1. The molecular formula is C15H13ClN2O. The summed E-state index contributed by atoms with van der Waals surface area (Å²) in [6.45, 7) is 0. The van der Waals surface area contributed by atoms with Gasteiger partial charge >= 0.3 is 0 Å². The van der Waals surface area contributed by atoms with Crippen LogP contribution in [0.25, 0.3) is 0 Å². The van der Waals surface area contributed by atoms with E-state index in [9.17, 15) is 4.79 Å². The highest BCUT2D eigenvalue weighted by Gasteiger charge is 2.09. The first-order valence-corrected chi connectivity index (χ1v) is 6.25. The molecule has 0 aliphatic carbocycles. The van der Waals surface area contributed by atoms with Crippen LogP contribution in [0.4, 0.5) is 5.69 Å². The Morgan fingerprint density at radius 2 is 1.58 bits per heavy atom. The van der Waals surface area contributed by atoms with Crippen LogP contribution in [-0.4, -0.2) is 11.0 Å². The van der Waals surface area contributed by atoms with E-state index in [-0.39, 0.29) is 5.71 Å². The molecule has 0 amide bonds.